The molecule has 0 aliphatic carbocycles. The van der Waals surface area contributed by atoms with Crippen LogP contribution in [0.25, 0.3) is 6.08 Å². The number of carbonyl (C=O) groups is 1. The van der Waals surface area contributed by atoms with Crippen molar-refractivity contribution < 1.29 is 9.90 Å². The van der Waals surface area contributed by atoms with Gasteiger partial charge in [0.2, 0.25) is 0 Å². The lowest BCUT2D eigenvalue weighted by Gasteiger charge is -1.90. The molecule has 13 heavy (non-hydrogen) atoms. The minimum absolute atomic E-state index is 0.357. The Bertz CT molecular complexity index is 317. The van der Waals surface area contributed by atoms with Gasteiger partial charge in [0.05, 0.1) is 5.56 Å². The fourth-order valence-corrected chi connectivity index (χ4v) is 1.81. The van der Waals surface area contributed by atoms with Gasteiger partial charge in [0.1, 0.15) is 0 Å². The van der Waals surface area contributed by atoms with Crippen molar-refractivity contribution in [3.05, 3.63) is 28.0 Å². The van der Waals surface area contributed by atoms with Gasteiger partial charge >= 0.3 is 5.97 Å². The maximum atomic E-state index is 10.7. The number of rotatable bonds is 4. The molecule has 2 nitrogen and oxygen atoms in total. The Morgan fingerprint density at radius 3 is 3.08 bits per heavy atom. The summed E-state index contributed by atoms with van der Waals surface area (Å²) in [5.74, 6) is -0.323. The highest BCUT2D eigenvalue weighted by atomic mass is 35.5. The largest absolute Gasteiger partial charge is 0.478 e. The van der Waals surface area contributed by atoms with Gasteiger partial charge in [-0.15, -0.1) is 22.9 Å². The quantitative estimate of drug-likeness (QED) is 0.786. The van der Waals surface area contributed by atoms with E-state index in [1.807, 2.05) is 6.08 Å². The lowest BCUT2D eigenvalue weighted by molar-refractivity contribution is 0.0697. The van der Waals surface area contributed by atoms with Crippen molar-refractivity contribution in [2.75, 3.05) is 5.88 Å². The minimum atomic E-state index is -0.883. The van der Waals surface area contributed by atoms with Crippen molar-refractivity contribution in [3.8, 4) is 0 Å². The maximum Gasteiger partial charge on any atom is 0.337 e. The summed E-state index contributed by atoms with van der Waals surface area (Å²) in [6, 6.07) is 1.60. The standard InChI is InChI=1S/C9H9ClO2S/c10-5-2-1-3-8-7(9(11)12)4-6-13-8/h1,3-4,6H,2,5H2,(H,11,12). The molecule has 1 N–H and O–H groups in total. The number of thiophene rings is 1. The van der Waals surface area contributed by atoms with Crippen LogP contribution in [0.2, 0.25) is 0 Å². The van der Waals surface area contributed by atoms with Crippen LogP contribution >= 0.6 is 22.9 Å². The number of aromatic carboxylic acids is 1. The van der Waals surface area contributed by atoms with E-state index in [-0.39, 0.29) is 0 Å². The van der Waals surface area contributed by atoms with Gasteiger partial charge in [0, 0.05) is 10.8 Å². The van der Waals surface area contributed by atoms with E-state index in [0.717, 1.165) is 11.3 Å². The van der Waals surface area contributed by atoms with Crippen LogP contribution in [0.15, 0.2) is 17.5 Å². The number of carboxylic acid groups (broad SMARTS) is 1. The molecule has 0 saturated heterocycles. The van der Waals surface area contributed by atoms with Gasteiger partial charge < -0.3 is 5.11 Å². The Labute approximate surface area is 85.5 Å². The summed E-state index contributed by atoms with van der Waals surface area (Å²) < 4.78 is 0. The molecule has 0 amide bonds. The van der Waals surface area contributed by atoms with Gasteiger partial charge in [-0.25, -0.2) is 4.79 Å². The lowest BCUT2D eigenvalue weighted by atomic mass is 10.2. The molecule has 0 atom stereocenters. The van der Waals surface area contributed by atoms with E-state index in [0.29, 0.717) is 11.4 Å². The molecule has 1 aromatic heterocycles. The summed E-state index contributed by atoms with van der Waals surface area (Å²) in [5, 5.41) is 10.5. The molecular weight excluding hydrogens is 208 g/mol. The Balaban J connectivity index is 2.76. The normalized spacial score (nSPS) is 10.8. The van der Waals surface area contributed by atoms with Gasteiger partial charge in [-0.2, -0.15) is 0 Å². The zero-order valence-electron chi connectivity index (χ0n) is 6.87. The third kappa shape index (κ3) is 2.86. The van der Waals surface area contributed by atoms with E-state index < -0.39 is 5.97 Å². The van der Waals surface area contributed by atoms with Crippen molar-refractivity contribution in [2.24, 2.45) is 0 Å². The first-order chi connectivity index (χ1) is 6.25. The van der Waals surface area contributed by atoms with Gasteiger partial charge in [0.15, 0.2) is 0 Å². The molecule has 0 spiro atoms. The molecule has 0 bridgehead atoms. The average molecular weight is 217 g/mol. The SMILES string of the molecule is O=C(O)c1ccsc1C=CCCCl. The Kier molecular flexibility index (Phi) is 3.99. The van der Waals surface area contributed by atoms with E-state index in [2.05, 4.69) is 0 Å². The maximum absolute atomic E-state index is 10.7. The molecule has 1 heterocycles. The van der Waals surface area contributed by atoms with Crippen molar-refractivity contribution in [2.45, 2.75) is 6.42 Å². The van der Waals surface area contributed by atoms with Crippen LogP contribution < -0.4 is 0 Å². The zero-order valence-corrected chi connectivity index (χ0v) is 8.44. The molecule has 0 aromatic carbocycles. The molecule has 0 aliphatic rings. The molecule has 0 saturated carbocycles. The summed E-state index contributed by atoms with van der Waals surface area (Å²) in [6.07, 6.45) is 4.44. The van der Waals surface area contributed by atoms with E-state index in [9.17, 15) is 4.79 Å². The highest BCUT2D eigenvalue weighted by Crippen LogP contribution is 2.18. The second kappa shape index (κ2) is 5.04. The van der Waals surface area contributed by atoms with Gasteiger partial charge in [-0.1, -0.05) is 6.08 Å². The highest BCUT2D eigenvalue weighted by Gasteiger charge is 2.07. The summed E-state index contributed by atoms with van der Waals surface area (Å²) in [7, 11) is 0. The van der Waals surface area contributed by atoms with E-state index in [4.69, 9.17) is 16.7 Å². The van der Waals surface area contributed by atoms with E-state index in [1.54, 1.807) is 17.5 Å². The first kappa shape index (κ1) is 10.3. The van der Waals surface area contributed by atoms with Crippen LogP contribution in [0.5, 0.6) is 0 Å². The van der Waals surface area contributed by atoms with Crippen LogP contribution in [0.1, 0.15) is 21.7 Å². The summed E-state index contributed by atoms with van der Waals surface area (Å²) in [6.45, 7) is 0. The lowest BCUT2D eigenvalue weighted by Crippen LogP contribution is -1.94. The molecule has 70 valence electrons. The molecule has 0 unspecified atom stereocenters. The van der Waals surface area contributed by atoms with Gasteiger partial charge in [-0.3, -0.25) is 0 Å². The fraction of sp³-hybridized carbons (Fsp3) is 0.222. The van der Waals surface area contributed by atoms with Crippen molar-refractivity contribution >= 4 is 35.0 Å². The highest BCUT2D eigenvalue weighted by molar-refractivity contribution is 7.11. The van der Waals surface area contributed by atoms with Crippen molar-refractivity contribution in [1.82, 2.24) is 0 Å². The van der Waals surface area contributed by atoms with Crippen LogP contribution in [-0.4, -0.2) is 17.0 Å². The number of halogens is 1. The molecule has 4 heteroatoms. The second-order valence-electron chi connectivity index (χ2n) is 2.38. The summed E-state index contributed by atoms with van der Waals surface area (Å²) >= 11 is 6.90. The molecule has 0 fully saturated rings. The molecule has 0 aliphatic heterocycles. The average Bonchev–Trinajstić information content (AvgIpc) is 2.53. The Morgan fingerprint density at radius 2 is 2.46 bits per heavy atom. The van der Waals surface area contributed by atoms with Crippen LogP contribution in [-0.2, 0) is 0 Å². The summed E-state index contributed by atoms with van der Waals surface area (Å²) in [5.41, 5.74) is 0.357. The number of allylic oxidation sites excluding steroid dienone is 1. The number of hydrogen-bond acceptors (Lipinski definition) is 2. The molecule has 1 aromatic rings. The molecular formula is C9H9ClO2S. The van der Waals surface area contributed by atoms with E-state index in [1.165, 1.54) is 11.3 Å². The number of carboxylic acids is 1. The minimum Gasteiger partial charge on any atom is -0.478 e. The molecule has 0 radical (unpaired) electrons. The predicted molar refractivity (Wildman–Crippen MR) is 55.6 cm³/mol. The van der Waals surface area contributed by atoms with Crippen LogP contribution in [0.4, 0.5) is 0 Å². The van der Waals surface area contributed by atoms with Crippen LogP contribution in [0, 0.1) is 0 Å². The number of alkyl halides is 1. The fourth-order valence-electron chi connectivity index (χ4n) is 0.880. The van der Waals surface area contributed by atoms with E-state index >= 15 is 0 Å². The van der Waals surface area contributed by atoms with Gasteiger partial charge in [-0.05, 0) is 23.9 Å². The summed E-state index contributed by atoms with van der Waals surface area (Å²) in [4.78, 5) is 11.4. The molecule has 1 rings (SSSR count). The zero-order chi connectivity index (χ0) is 9.68. The first-order valence-electron chi connectivity index (χ1n) is 3.79. The topological polar surface area (TPSA) is 37.3 Å². The van der Waals surface area contributed by atoms with Crippen LogP contribution in [0.3, 0.4) is 0 Å². The third-order valence-electron chi connectivity index (χ3n) is 1.47. The van der Waals surface area contributed by atoms with Crippen molar-refractivity contribution in [3.63, 3.8) is 0 Å². The number of hydrogen-bond donors (Lipinski definition) is 1. The smallest absolute Gasteiger partial charge is 0.337 e. The Morgan fingerprint density at radius 1 is 1.69 bits per heavy atom. The van der Waals surface area contributed by atoms with Crippen molar-refractivity contribution in [1.29, 1.82) is 0 Å². The van der Waals surface area contributed by atoms with Gasteiger partial charge in [0.25, 0.3) is 0 Å². The monoisotopic (exact) mass is 216 g/mol. The first-order valence-corrected chi connectivity index (χ1v) is 5.20. The predicted octanol–water partition coefficient (Wildman–Crippen LogP) is 3.09. The third-order valence-corrected chi connectivity index (χ3v) is 2.57. The second-order valence-corrected chi connectivity index (χ2v) is 3.71. The Hall–Kier alpha value is -0.800.